The van der Waals surface area contributed by atoms with Gasteiger partial charge in [0, 0.05) is 6.61 Å². The lowest BCUT2D eigenvalue weighted by Crippen LogP contribution is -2.37. The molecule has 130 valence electrons. The van der Waals surface area contributed by atoms with Crippen LogP contribution in [0.5, 0.6) is 0 Å². The number of amides is 1. The number of aromatic nitrogens is 3. The molecule has 4 rings (SSSR count). The Kier molecular flexibility index (Phi) is 4.45. The standard InChI is InChI=1S/C16H15FN4O2S2/c1-9-14(25-20-19-9)15(22)21(8-11-3-2-6-23-11)16-18-12-5-4-10(17)7-13(12)24-16/h4-5,7,11H,2-3,6,8H2,1H3. The van der Waals surface area contributed by atoms with Crippen LogP contribution < -0.4 is 4.90 Å². The number of ether oxygens (including phenoxy) is 1. The molecule has 3 aromatic rings. The largest absolute Gasteiger partial charge is 0.376 e. The first-order valence-electron chi connectivity index (χ1n) is 7.90. The molecule has 9 heteroatoms. The third kappa shape index (κ3) is 3.26. The normalized spacial score (nSPS) is 17.3. The Hall–Kier alpha value is -1.97. The number of nitrogens with zero attached hydrogens (tertiary/aromatic N) is 4. The van der Waals surface area contributed by atoms with Gasteiger partial charge in [-0.15, -0.1) is 5.10 Å². The molecule has 3 heterocycles. The van der Waals surface area contributed by atoms with Gasteiger partial charge in [-0.2, -0.15) is 0 Å². The van der Waals surface area contributed by atoms with Crippen molar-refractivity contribution in [3.05, 3.63) is 34.6 Å². The maximum atomic E-state index is 13.5. The molecule has 0 radical (unpaired) electrons. The van der Waals surface area contributed by atoms with Crippen LogP contribution in [0.4, 0.5) is 9.52 Å². The van der Waals surface area contributed by atoms with Gasteiger partial charge < -0.3 is 4.74 Å². The lowest BCUT2D eigenvalue weighted by atomic mass is 10.2. The minimum absolute atomic E-state index is 0.0196. The summed E-state index contributed by atoms with van der Waals surface area (Å²) in [4.78, 5) is 19.7. The Labute approximate surface area is 151 Å². The van der Waals surface area contributed by atoms with Crippen molar-refractivity contribution >= 4 is 44.1 Å². The molecule has 0 saturated carbocycles. The molecular weight excluding hydrogens is 363 g/mol. The fourth-order valence-corrected chi connectivity index (χ4v) is 4.40. The van der Waals surface area contributed by atoms with Gasteiger partial charge in [0.2, 0.25) is 0 Å². The van der Waals surface area contributed by atoms with Gasteiger partial charge in [0.15, 0.2) is 5.13 Å². The zero-order valence-electron chi connectivity index (χ0n) is 13.4. The number of carbonyl (C=O) groups is 1. The van der Waals surface area contributed by atoms with Gasteiger partial charge in [0.1, 0.15) is 10.7 Å². The first kappa shape index (κ1) is 16.5. The SMILES string of the molecule is Cc1nnsc1C(=O)N(CC1CCCO1)c1nc2ccc(F)cc2s1. The van der Waals surface area contributed by atoms with E-state index in [4.69, 9.17) is 4.74 Å². The fourth-order valence-electron chi connectivity index (χ4n) is 2.79. The average molecular weight is 378 g/mol. The van der Waals surface area contributed by atoms with Crippen molar-refractivity contribution in [1.29, 1.82) is 0 Å². The van der Waals surface area contributed by atoms with E-state index < -0.39 is 0 Å². The van der Waals surface area contributed by atoms with Crippen molar-refractivity contribution in [2.45, 2.75) is 25.9 Å². The van der Waals surface area contributed by atoms with E-state index in [-0.39, 0.29) is 17.8 Å². The summed E-state index contributed by atoms with van der Waals surface area (Å²) >= 11 is 2.37. The molecule has 1 aliphatic heterocycles. The summed E-state index contributed by atoms with van der Waals surface area (Å²) in [5.41, 5.74) is 1.27. The second kappa shape index (κ2) is 6.74. The van der Waals surface area contributed by atoms with E-state index in [1.54, 1.807) is 17.9 Å². The van der Waals surface area contributed by atoms with Crippen LogP contribution in [0.1, 0.15) is 28.2 Å². The van der Waals surface area contributed by atoms with E-state index in [1.165, 1.54) is 23.5 Å². The molecule has 25 heavy (non-hydrogen) atoms. The number of fused-ring (bicyclic) bond motifs is 1. The summed E-state index contributed by atoms with van der Waals surface area (Å²) in [7, 11) is 0. The van der Waals surface area contributed by atoms with E-state index in [0.717, 1.165) is 24.4 Å². The number of aryl methyl sites for hydroxylation is 1. The van der Waals surface area contributed by atoms with Gasteiger partial charge in [0.05, 0.1) is 28.6 Å². The van der Waals surface area contributed by atoms with Crippen LogP contribution in [-0.4, -0.2) is 39.7 Å². The third-order valence-corrected chi connectivity index (χ3v) is 5.93. The molecule has 0 N–H and O–H groups in total. The number of hydrogen-bond donors (Lipinski definition) is 0. The van der Waals surface area contributed by atoms with Crippen LogP contribution in [0.3, 0.4) is 0 Å². The second-order valence-electron chi connectivity index (χ2n) is 5.85. The Morgan fingerprint density at radius 1 is 1.48 bits per heavy atom. The van der Waals surface area contributed by atoms with Crippen LogP contribution in [0, 0.1) is 12.7 Å². The lowest BCUT2D eigenvalue weighted by Gasteiger charge is -2.22. The second-order valence-corrected chi connectivity index (χ2v) is 7.61. The molecule has 0 spiro atoms. The van der Waals surface area contributed by atoms with Crippen molar-refractivity contribution in [1.82, 2.24) is 14.6 Å². The lowest BCUT2D eigenvalue weighted by molar-refractivity contribution is 0.0920. The first-order valence-corrected chi connectivity index (χ1v) is 9.49. The number of hydrogen-bond acceptors (Lipinski definition) is 7. The number of thiazole rings is 1. The van der Waals surface area contributed by atoms with Crippen LogP contribution >= 0.6 is 22.9 Å². The number of carbonyl (C=O) groups excluding carboxylic acids is 1. The Bertz CT molecular complexity index is 920. The van der Waals surface area contributed by atoms with Crippen molar-refractivity contribution in [2.24, 2.45) is 0 Å². The number of rotatable bonds is 4. The topological polar surface area (TPSA) is 68.2 Å². The van der Waals surface area contributed by atoms with Crippen molar-refractivity contribution in [3.63, 3.8) is 0 Å². The zero-order chi connectivity index (χ0) is 17.4. The van der Waals surface area contributed by atoms with Crippen LogP contribution in [0.15, 0.2) is 18.2 Å². The van der Waals surface area contributed by atoms with Gasteiger partial charge in [-0.3, -0.25) is 9.69 Å². The van der Waals surface area contributed by atoms with Crippen LogP contribution in [0.25, 0.3) is 10.2 Å². The first-order chi connectivity index (χ1) is 12.1. The van der Waals surface area contributed by atoms with Crippen molar-refractivity contribution in [3.8, 4) is 0 Å². The smallest absolute Gasteiger partial charge is 0.273 e. The molecule has 1 aliphatic rings. The molecule has 1 aromatic carbocycles. The summed E-state index contributed by atoms with van der Waals surface area (Å²) in [6.07, 6.45) is 1.87. The maximum Gasteiger partial charge on any atom is 0.273 e. The van der Waals surface area contributed by atoms with E-state index in [9.17, 15) is 9.18 Å². The highest BCUT2D eigenvalue weighted by atomic mass is 32.1. The van der Waals surface area contributed by atoms with E-state index in [0.29, 0.717) is 39.1 Å². The van der Waals surface area contributed by atoms with Gasteiger partial charge in [-0.05, 0) is 49.5 Å². The molecule has 1 saturated heterocycles. The molecule has 1 unspecified atom stereocenters. The van der Waals surface area contributed by atoms with E-state index >= 15 is 0 Å². The number of benzene rings is 1. The predicted molar refractivity (Wildman–Crippen MR) is 94.9 cm³/mol. The van der Waals surface area contributed by atoms with Crippen LogP contribution in [-0.2, 0) is 4.74 Å². The minimum Gasteiger partial charge on any atom is -0.376 e. The van der Waals surface area contributed by atoms with Crippen molar-refractivity contribution < 1.29 is 13.9 Å². The molecule has 1 fully saturated rings. The zero-order valence-corrected chi connectivity index (χ0v) is 15.1. The summed E-state index contributed by atoms with van der Waals surface area (Å²) in [6.45, 7) is 2.88. The minimum atomic E-state index is -0.317. The molecule has 2 aromatic heterocycles. The van der Waals surface area contributed by atoms with Gasteiger partial charge in [-0.25, -0.2) is 9.37 Å². The number of anilines is 1. The summed E-state index contributed by atoms with van der Waals surface area (Å²) < 4.78 is 23.7. The molecule has 0 bridgehead atoms. The van der Waals surface area contributed by atoms with E-state index in [2.05, 4.69) is 14.6 Å². The van der Waals surface area contributed by atoms with Crippen molar-refractivity contribution in [2.75, 3.05) is 18.1 Å². The molecule has 0 aliphatic carbocycles. The molecule has 6 nitrogen and oxygen atoms in total. The third-order valence-electron chi connectivity index (χ3n) is 4.07. The quantitative estimate of drug-likeness (QED) is 0.696. The molecule has 1 atom stereocenters. The monoisotopic (exact) mass is 378 g/mol. The average Bonchev–Trinajstić information content (AvgIpc) is 3.31. The Morgan fingerprint density at radius 2 is 2.36 bits per heavy atom. The highest BCUT2D eigenvalue weighted by molar-refractivity contribution is 7.22. The van der Waals surface area contributed by atoms with Crippen LogP contribution in [0.2, 0.25) is 0 Å². The highest BCUT2D eigenvalue weighted by Crippen LogP contribution is 2.32. The highest BCUT2D eigenvalue weighted by Gasteiger charge is 2.29. The predicted octanol–water partition coefficient (Wildman–Crippen LogP) is 3.42. The van der Waals surface area contributed by atoms with E-state index in [1.807, 2.05) is 0 Å². The molecular formula is C16H15FN4O2S2. The summed E-state index contributed by atoms with van der Waals surface area (Å²) in [6, 6.07) is 4.43. The fraction of sp³-hybridized carbons (Fsp3) is 0.375. The van der Waals surface area contributed by atoms with Gasteiger partial charge in [0.25, 0.3) is 5.91 Å². The maximum absolute atomic E-state index is 13.5. The van der Waals surface area contributed by atoms with Gasteiger partial charge >= 0.3 is 0 Å². The number of halogens is 1. The Balaban J connectivity index is 1.72. The Morgan fingerprint density at radius 3 is 3.08 bits per heavy atom. The van der Waals surface area contributed by atoms with Gasteiger partial charge in [-0.1, -0.05) is 15.8 Å². The summed E-state index contributed by atoms with van der Waals surface area (Å²) in [5.74, 6) is -0.510. The molecule has 1 amide bonds. The summed E-state index contributed by atoms with van der Waals surface area (Å²) in [5, 5.41) is 4.46.